The Morgan fingerprint density at radius 1 is 0.625 bits per heavy atom. The van der Waals surface area contributed by atoms with Crippen LogP contribution in [0, 0.1) is 0 Å². The zero-order chi connectivity index (χ0) is 25.4. The lowest BCUT2D eigenvalue weighted by molar-refractivity contribution is -0.0452. The van der Waals surface area contributed by atoms with E-state index in [9.17, 15) is 0 Å². The third kappa shape index (κ3) is 17.3. The molecule has 0 heterocycles. The first kappa shape index (κ1) is 32.8. The molecule has 1 N–H and O–H groups in total. The van der Waals surface area contributed by atoms with Crippen molar-refractivity contribution in [3.63, 3.8) is 0 Å². The first-order chi connectivity index (χ1) is 14.2. The molecule has 0 aromatic carbocycles. The summed E-state index contributed by atoms with van der Waals surface area (Å²) in [5.41, 5.74) is 0. The molecule has 0 aliphatic heterocycles. The van der Waals surface area contributed by atoms with Gasteiger partial charge in [0.1, 0.15) is 0 Å². The standard InChI is InChI=1S/C20H52O7Si5/c1-19(17-21)23-18-20(2)22-15-14-16-29(6,7)25-31(10,11)27-32(12,13)26-30(8,9)24-28(3,4)5/h19-21H,14-18H2,1-13H3. The van der Waals surface area contributed by atoms with Crippen molar-refractivity contribution in [2.45, 2.75) is 111 Å². The highest BCUT2D eigenvalue weighted by molar-refractivity contribution is 6.90. The van der Waals surface area contributed by atoms with Crippen LogP contribution in [-0.2, 0) is 25.9 Å². The van der Waals surface area contributed by atoms with E-state index in [1.807, 2.05) is 13.8 Å². The number of hydrogen-bond donors (Lipinski definition) is 1. The van der Waals surface area contributed by atoms with Gasteiger partial charge in [-0.15, -0.1) is 0 Å². The van der Waals surface area contributed by atoms with Crippen LogP contribution in [0.3, 0.4) is 0 Å². The molecule has 0 spiro atoms. The molecule has 0 aromatic heterocycles. The van der Waals surface area contributed by atoms with Crippen LogP contribution in [0.2, 0.25) is 78.1 Å². The molecular formula is C20H52O7Si5. The van der Waals surface area contributed by atoms with E-state index in [4.69, 9.17) is 31.0 Å². The highest BCUT2D eigenvalue weighted by Crippen LogP contribution is 2.27. The Bertz CT molecular complexity index is 539. The van der Waals surface area contributed by atoms with Gasteiger partial charge in [-0.05, 0) is 98.3 Å². The van der Waals surface area contributed by atoms with Crippen LogP contribution in [0.5, 0.6) is 0 Å². The second kappa shape index (κ2) is 13.2. The normalized spacial score (nSPS) is 16.3. The average Bonchev–Trinajstić information content (AvgIpc) is 2.50. The fourth-order valence-electron chi connectivity index (χ4n) is 3.88. The maximum absolute atomic E-state index is 9.02. The van der Waals surface area contributed by atoms with Gasteiger partial charge >= 0.3 is 25.7 Å². The van der Waals surface area contributed by atoms with Crippen molar-refractivity contribution in [1.82, 2.24) is 0 Å². The van der Waals surface area contributed by atoms with Gasteiger partial charge in [-0.1, -0.05) is 0 Å². The molecule has 2 atom stereocenters. The van der Waals surface area contributed by atoms with Gasteiger partial charge in [0.15, 0.2) is 16.6 Å². The van der Waals surface area contributed by atoms with Crippen LogP contribution in [0.1, 0.15) is 20.3 Å². The van der Waals surface area contributed by atoms with Crippen molar-refractivity contribution in [2.24, 2.45) is 0 Å². The van der Waals surface area contributed by atoms with E-state index in [0.29, 0.717) is 13.2 Å². The predicted molar refractivity (Wildman–Crippen MR) is 145 cm³/mol. The van der Waals surface area contributed by atoms with Crippen molar-refractivity contribution in [1.29, 1.82) is 0 Å². The van der Waals surface area contributed by atoms with Gasteiger partial charge in [-0.3, -0.25) is 0 Å². The van der Waals surface area contributed by atoms with Gasteiger partial charge in [0.25, 0.3) is 0 Å². The minimum atomic E-state index is -2.39. The first-order valence-corrected chi connectivity index (χ1v) is 26.8. The second-order valence-electron chi connectivity index (χ2n) is 11.6. The summed E-state index contributed by atoms with van der Waals surface area (Å²) in [6.45, 7) is 28.9. The smallest absolute Gasteiger partial charge is 0.314 e. The summed E-state index contributed by atoms with van der Waals surface area (Å²) in [6, 6.07) is 1.01. The van der Waals surface area contributed by atoms with Crippen molar-refractivity contribution >= 4 is 42.3 Å². The highest BCUT2D eigenvalue weighted by atomic mass is 28.5. The Morgan fingerprint density at radius 2 is 1.09 bits per heavy atom. The van der Waals surface area contributed by atoms with E-state index >= 15 is 0 Å². The number of ether oxygens (including phenoxy) is 2. The van der Waals surface area contributed by atoms with E-state index in [-0.39, 0.29) is 18.8 Å². The van der Waals surface area contributed by atoms with Gasteiger partial charge in [0.05, 0.1) is 25.4 Å². The highest BCUT2D eigenvalue weighted by Gasteiger charge is 2.45. The fraction of sp³-hybridized carbons (Fsp3) is 1.00. The van der Waals surface area contributed by atoms with Crippen LogP contribution < -0.4 is 0 Å². The van der Waals surface area contributed by atoms with Crippen LogP contribution in [0.25, 0.3) is 0 Å². The summed E-state index contributed by atoms with van der Waals surface area (Å²) >= 11 is 0. The van der Waals surface area contributed by atoms with Gasteiger partial charge in [0.2, 0.25) is 0 Å². The number of hydrogen-bond acceptors (Lipinski definition) is 7. The van der Waals surface area contributed by atoms with Crippen molar-refractivity contribution in [2.75, 3.05) is 19.8 Å². The van der Waals surface area contributed by atoms with Crippen LogP contribution in [0.4, 0.5) is 0 Å². The molecule has 12 heteroatoms. The van der Waals surface area contributed by atoms with E-state index in [0.717, 1.165) is 12.5 Å². The Labute approximate surface area is 203 Å². The Balaban J connectivity index is 4.60. The molecule has 0 aromatic rings. The van der Waals surface area contributed by atoms with Crippen LogP contribution in [-0.4, -0.2) is 79.5 Å². The molecule has 0 aliphatic rings. The summed E-state index contributed by atoms with van der Waals surface area (Å²) < 4.78 is 37.5. The molecule has 0 rings (SSSR count). The SMILES string of the molecule is CC(CO)OCC(C)OCCC[Si](C)(C)O[Si](C)(C)O[Si](C)(C)O[Si](C)(C)O[Si](C)(C)C. The predicted octanol–water partition coefficient (Wildman–Crippen LogP) is 5.39. The molecule has 7 nitrogen and oxygen atoms in total. The van der Waals surface area contributed by atoms with Gasteiger partial charge in [-0.2, -0.15) is 0 Å². The third-order valence-electron chi connectivity index (χ3n) is 4.26. The minimum absolute atomic E-state index is 0.0127. The maximum Gasteiger partial charge on any atom is 0.314 e. The molecule has 0 radical (unpaired) electrons. The molecule has 194 valence electrons. The van der Waals surface area contributed by atoms with Crippen LogP contribution >= 0.6 is 0 Å². The van der Waals surface area contributed by atoms with E-state index in [1.54, 1.807) is 0 Å². The number of rotatable bonds is 17. The maximum atomic E-state index is 9.02. The van der Waals surface area contributed by atoms with Crippen LogP contribution in [0.15, 0.2) is 0 Å². The Morgan fingerprint density at radius 3 is 1.56 bits per heavy atom. The van der Waals surface area contributed by atoms with Crippen molar-refractivity contribution in [3.8, 4) is 0 Å². The molecule has 32 heavy (non-hydrogen) atoms. The molecule has 0 aliphatic carbocycles. The Kier molecular flexibility index (Phi) is 13.5. The zero-order valence-corrected chi connectivity index (χ0v) is 28.1. The van der Waals surface area contributed by atoms with Crippen molar-refractivity contribution in [3.05, 3.63) is 0 Å². The first-order valence-electron chi connectivity index (χ1n) is 11.8. The average molecular weight is 545 g/mol. The van der Waals surface area contributed by atoms with E-state index in [1.165, 1.54) is 0 Å². The lowest BCUT2D eigenvalue weighted by atomic mass is 10.4. The summed E-state index contributed by atoms with van der Waals surface area (Å²) in [5.74, 6) is 0. The van der Waals surface area contributed by atoms with Gasteiger partial charge in [0, 0.05) is 6.61 Å². The molecule has 0 bridgehead atoms. The Hall–Kier alpha value is 0.804. The second-order valence-corrected chi connectivity index (χ2v) is 31.5. The minimum Gasteiger partial charge on any atom is -0.437 e. The molecular weight excluding hydrogens is 493 g/mol. The third-order valence-corrected chi connectivity index (χ3v) is 22.3. The summed E-state index contributed by atoms with van der Waals surface area (Å²) in [5, 5.41) is 9.02. The number of aliphatic hydroxyl groups is 1. The monoisotopic (exact) mass is 544 g/mol. The number of aliphatic hydroxyl groups excluding tert-OH is 1. The topological polar surface area (TPSA) is 75.6 Å². The largest absolute Gasteiger partial charge is 0.437 e. The molecule has 0 saturated heterocycles. The molecule has 0 amide bonds. The zero-order valence-electron chi connectivity index (χ0n) is 23.1. The quantitative estimate of drug-likeness (QED) is 0.194. The fourth-order valence-corrected chi connectivity index (χ4v) is 27.6. The van der Waals surface area contributed by atoms with E-state index < -0.39 is 42.3 Å². The van der Waals surface area contributed by atoms with E-state index in [2.05, 4.69) is 72.0 Å². The van der Waals surface area contributed by atoms with Gasteiger partial charge < -0.3 is 31.0 Å². The summed E-state index contributed by atoms with van der Waals surface area (Å²) in [4.78, 5) is 0. The van der Waals surface area contributed by atoms with Gasteiger partial charge in [-0.25, -0.2) is 0 Å². The molecule has 0 fully saturated rings. The lowest BCUT2D eigenvalue weighted by Crippen LogP contribution is -2.58. The molecule has 0 saturated carbocycles. The summed E-state index contributed by atoms with van der Waals surface area (Å²) in [7, 11) is -10.6. The molecule has 2 unspecified atom stereocenters. The summed E-state index contributed by atoms with van der Waals surface area (Å²) in [6.07, 6.45) is 0.809. The lowest BCUT2D eigenvalue weighted by Gasteiger charge is -2.42. The van der Waals surface area contributed by atoms with Crippen molar-refractivity contribution < 1.29 is 31.0 Å².